The molecule has 0 rings (SSSR count). The van der Waals surface area contributed by atoms with Gasteiger partial charge in [0.15, 0.2) is 0 Å². The average Bonchev–Trinajstić information content (AvgIpc) is 0.918. The Hall–Kier alpha value is 0.907. The molecular formula is C2H7LiOS. The summed E-state index contributed by atoms with van der Waals surface area (Å²) in [7, 11) is 0. The molecular weight excluding hydrogens is 79.0 g/mol. The molecule has 0 atom stereocenters. The van der Waals surface area contributed by atoms with Crippen LogP contribution in [0.15, 0.2) is 0 Å². The molecule has 28 valence electrons. The van der Waals surface area contributed by atoms with Crippen LogP contribution in [0.2, 0.25) is 0 Å². The van der Waals surface area contributed by atoms with E-state index in [4.69, 9.17) is 5.11 Å². The van der Waals surface area contributed by atoms with Crippen molar-refractivity contribution in [2.24, 2.45) is 0 Å². The quantitative estimate of drug-likeness (QED) is 0.190. The van der Waals surface area contributed by atoms with Crippen molar-refractivity contribution in [2.45, 2.75) is 6.92 Å². The Balaban J connectivity index is -0.0000000200. The molecule has 1 nitrogen and oxygen atoms in total. The Labute approximate surface area is 51.4 Å². The van der Waals surface area contributed by atoms with Gasteiger partial charge in [-0.3, -0.25) is 0 Å². The summed E-state index contributed by atoms with van der Waals surface area (Å²) in [6.45, 7) is 1.93. The molecule has 0 fully saturated rings. The fraction of sp³-hybridized carbons (Fsp3) is 1.00. The summed E-state index contributed by atoms with van der Waals surface area (Å²) in [5, 5.41) is 7.57. The predicted molar refractivity (Wildman–Crippen MR) is 21.5 cm³/mol. The van der Waals surface area contributed by atoms with Crippen LogP contribution in [0.4, 0.5) is 0 Å². The first kappa shape index (κ1) is 16.8. The van der Waals surface area contributed by atoms with Gasteiger partial charge in [-0.05, 0) is 6.92 Å². The van der Waals surface area contributed by atoms with Gasteiger partial charge in [-0.1, -0.05) is 0 Å². The third kappa shape index (κ3) is 50.4. The largest absolute Gasteiger partial charge is 1.00 e. The standard InChI is InChI=1S/C2H6O.Li.H2S/c1-2-3;;/h3H,2H2,1H3;;1H2/q;+1;/p-1. The molecule has 0 saturated heterocycles. The van der Waals surface area contributed by atoms with Crippen molar-refractivity contribution in [3.8, 4) is 0 Å². The fourth-order valence-corrected chi connectivity index (χ4v) is 0. The summed E-state index contributed by atoms with van der Waals surface area (Å²) in [5.74, 6) is 0. The van der Waals surface area contributed by atoms with Gasteiger partial charge in [-0.15, -0.1) is 0 Å². The van der Waals surface area contributed by atoms with Gasteiger partial charge in [0.2, 0.25) is 0 Å². The predicted octanol–water partition coefficient (Wildman–Crippen LogP) is -3.27. The van der Waals surface area contributed by atoms with Crippen molar-refractivity contribution < 1.29 is 24.0 Å². The fourth-order valence-electron chi connectivity index (χ4n) is 0. The molecule has 0 aliphatic rings. The minimum absolute atomic E-state index is 0. The van der Waals surface area contributed by atoms with Gasteiger partial charge >= 0.3 is 18.9 Å². The maximum atomic E-state index is 7.57. The van der Waals surface area contributed by atoms with Crippen LogP contribution < -0.4 is 18.9 Å². The van der Waals surface area contributed by atoms with Crippen LogP contribution in [-0.4, -0.2) is 11.7 Å². The topological polar surface area (TPSA) is 20.2 Å². The Morgan fingerprint density at radius 2 is 1.60 bits per heavy atom. The van der Waals surface area contributed by atoms with Crippen LogP contribution in [0.1, 0.15) is 6.92 Å². The second kappa shape index (κ2) is 20.6. The minimum atomic E-state index is 0. The smallest absolute Gasteiger partial charge is 0.813 e. The number of hydrogen-bond acceptors (Lipinski definition) is 2. The van der Waals surface area contributed by atoms with Crippen molar-refractivity contribution in [3.63, 3.8) is 0 Å². The Bertz CT molecular complexity index is 9.61. The van der Waals surface area contributed by atoms with Crippen molar-refractivity contribution in [3.05, 3.63) is 0 Å². The first-order valence-corrected chi connectivity index (χ1v) is 1.02. The van der Waals surface area contributed by atoms with E-state index in [9.17, 15) is 0 Å². The molecule has 0 bridgehead atoms. The van der Waals surface area contributed by atoms with Gasteiger partial charge in [0, 0.05) is 6.61 Å². The van der Waals surface area contributed by atoms with E-state index in [1.54, 1.807) is 6.92 Å². The molecule has 5 heavy (non-hydrogen) atoms. The molecule has 0 amide bonds. The molecule has 3 heteroatoms. The van der Waals surface area contributed by atoms with Gasteiger partial charge in [-0.25, -0.2) is 0 Å². The van der Waals surface area contributed by atoms with E-state index in [0.717, 1.165) is 0 Å². The Kier molecular flexibility index (Phi) is 69.3. The van der Waals surface area contributed by atoms with Gasteiger partial charge in [0.1, 0.15) is 0 Å². The number of rotatable bonds is 0. The molecule has 0 unspecified atom stereocenters. The van der Waals surface area contributed by atoms with Crippen LogP contribution >= 0.6 is 0 Å². The molecule has 0 aromatic heterocycles. The van der Waals surface area contributed by atoms with E-state index in [-0.39, 0.29) is 39.0 Å². The summed E-state index contributed by atoms with van der Waals surface area (Å²) in [4.78, 5) is 0. The monoisotopic (exact) mass is 86.0 g/mol. The summed E-state index contributed by atoms with van der Waals surface area (Å²) in [6, 6.07) is 0. The Morgan fingerprint density at radius 3 is 1.60 bits per heavy atom. The molecule has 0 radical (unpaired) electrons. The normalized spacial score (nSPS) is 3.60. The summed E-state index contributed by atoms with van der Waals surface area (Å²) >= 11 is 0. The first-order chi connectivity index (χ1) is 1.41. The molecule has 0 spiro atoms. The van der Waals surface area contributed by atoms with Crippen molar-refractivity contribution >= 4 is 13.5 Å². The van der Waals surface area contributed by atoms with Crippen LogP contribution in [0.5, 0.6) is 0 Å². The summed E-state index contributed by atoms with van der Waals surface area (Å²) < 4.78 is 0. The zero-order valence-corrected chi connectivity index (χ0v) is 4.50. The molecule has 0 aliphatic heterocycles. The van der Waals surface area contributed by atoms with Crippen molar-refractivity contribution in [1.29, 1.82) is 0 Å². The molecule has 0 heterocycles. The molecule has 0 saturated carbocycles. The molecule has 0 aromatic carbocycles. The van der Waals surface area contributed by atoms with Gasteiger partial charge in [0.25, 0.3) is 0 Å². The molecule has 1 N–H and O–H groups in total. The number of thiol groups is 1. The molecule has 0 aliphatic carbocycles. The summed E-state index contributed by atoms with van der Waals surface area (Å²) in [6.07, 6.45) is 0. The average molecular weight is 86.1 g/mol. The van der Waals surface area contributed by atoms with E-state index in [1.165, 1.54) is 0 Å². The third-order valence-corrected chi connectivity index (χ3v) is 0. The van der Waals surface area contributed by atoms with Crippen LogP contribution in [0.25, 0.3) is 0 Å². The zero-order chi connectivity index (χ0) is 2.71. The SMILES string of the molecule is CCO.[Li+].[SH-]. The van der Waals surface area contributed by atoms with E-state index in [0.29, 0.717) is 0 Å². The molecule has 0 aromatic rings. The maximum Gasteiger partial charge on any atom is 1.00 e. The van der Waals surface area contributed by atoms with Crippen LogP contribution in [-0.2, 0) is 13.5 Å². The first-order valence-electron chi connectivity index (χ1n) is 1.02. The van der Waals surface area contributed by atoms with Crippen LogP contribution in [0, 0.1) is 0 Å². The number of aliphatic hydroxyl groups excluding tert-OH is 1. The van der Waals surface area contributed by atoms with Gasteiger partial charge in [0.05, 0.1) is 0 Å². The van der Waals surface area contributed by atoms with Crippen molar-refractivity contribution in [2.75, 3.05) is 6.61 Å². The number of aliphatic hydroxyl groups is 1. The minimum Gasteiger partial charge on any atom is -0.813 e. The second-order valence-corrected chi connectivity index (χ2v) is 0.316. The van der Waals surface area contributed by atoms with Crippen LogP contribution in [0.3, 0.4) is 0 Å². The van der Waals surface area contributed by atoms with E-state index in [2.05, 4.69) is 0 Å². The zero-order valence-electron chi connectivity index (χ0n) is 3.60. The Morgan fingerprint density at radius 1 is 1.60 bits per heavy atom. The third-order valence-electron chi connectivity index (χ3n) is 0. The van der Waals surface area contributed by atoms with Gasteiger partial charge in [-0.2, -0.15) is 0 Å². The summed E-state index contributed by atoms with van der Waals surface area (Å²) in [5.41, 5.74) is 0. The van der Waals surface area contributed by atoms with E-state index in [1.807, 2.05) is 0 Å². The maximum absolute atomic E-state index is 7.57. The van der Waals surface area contributed by atoms with E-state index >= 15 is 0 Å². The van der Waals surface area contributed by atoms with Crippen molar-refractivity contribution in [1.82, 2.24) is 0 Å². The van der Waals surface area contributed by atoms with E-state index < -0.39 is 0 Å². The second-order valence-electron chi connectivity index (χ2n) is 0.316. The number of hydrogen-bond donors (Lipinski definition) is 1. The van der Waals surface area contributed by atoms with Gasteiger partial charge < -0.3 is 18.6 Å².